The van der Waals surface area contributed by atoms with E-state index in [4.69, 9.17) is 19.4 Å². The van der Waals surface area contributed by atoms with E-state index in [0.29, 0.717) is 22.5 Å². The molecule has 2 amide bonds. The van der Waals surface area contributed by atoms with E-state index in [1.165, 1.54) is 0 Å². The molecule has 0 spiro atoms. The molecule has 0 unspecified atom stereocenters. The Hall–Kier alpha value is -4.05. The predicted octanol–water partition coefficient (Wildman–Crippen LogP) is 9.89. The van der Waals surface area contributed by atoms with Gasteiger partial charge in [0.05, 0.1) is 34.2 Å². The van der Waals surface area contributed by atoms with Crippen LogP contribution in [0.2, 0.25) is 0 Å². The fraction of sp³-hybridized carbons (Fsp3) is 0. The molecule has 0 N–H and O–H groups in total. The Labute approximate surface area is 294 Å². The van der Waals surface area contributed by atoms with Gasteiger partial charge in [0.2, 0.25) is 0 Å². The third-order valence-electron chi connectivity index (χ3n) is 7.12. The Balaban J connectivity index is 0.000000164. The van der Waals surface area contributed by atoms with E-state index in [1.807, 2.05) is 121 Å². The summed E-state index contributed by atoms with van der Waals surface area (Å²) in [6, 6.07) is 38.8. The van der Waals surface area contributed by atoms with Crippen LogP contribution in [0.1, 0.15) is 43.2 Å². The van der Waals surface area contributed by atoms with E-state index in [0.717, 1.165) is 78.9 Å². The summed E-state index contributed by atoms with van der Waals surface area (Å²) in [6.07, 6.45) is 3.71. The maximum atomic E-state index is 11.9. The standard InChI is InChI=1S/2C18H12N2O.2ClH.2Zn/c2*21-18-15-7-3-2-6-14(15)17(20-18)11-13-10-9-12-5-1-4-8-16(12)19-13;;;;/h2*1-11H,(H,19,20,21);2*1H;;/q;;;;2*+2/p-4. The molecule has 2 aliphatic heterocycles. The van der Waals surface area contributed by atoms with Crippen molar-refractivity contribution in [2.75, 3.05) is 0 Å². The summed E-state index contributed by atoms with van der Waals surface area (Å²) in [4.78, 5) is 32.9. The molecule has 8 rings (SSSR count). The number of benzene rings is 4. The van der Waals surface area contributed by atoms with Crippen LogP contribution in [-0.2, 0) is 34.6 Å². The Morgan fingerprint density at radius 1 is 0.457 bits per heavy atom. The first-order valence-electron chi connectivity index (χ1n) is 14.0. The number of para-hydroxylation sites is 2. The molecule has 6 nitrogen and oxygen atoms in total. The molecule has 0 radical (unpaired) electrons. The van der Waals surface area contributed by atoms with Gasteiger partial charge in [-0.15, -0.1) is 11.4 Å². The van der Waals surface area contributed by atoms with Gasteiger partial charge in [-0.05, 0) is 35.4 Å². The number of hydrogen-bond donors (Lipinski definition) is 0. The van der Waals surface area contributed by atoms with Crippen LogP contribution in [-0.4, -0.2) is 21.8 Å². The van der Waals surface area contributed by atoms with Gasteiger partial charge in [-0.1, -0.05) is 109 Å². The van der Waals surface area contributed by atoms with E-state index < -0.39 is 0 Å². The molecule has 0 fully saturated rings. The molecule has 0 saturated carbocycles. The summed E-state index contributed by atoms with van der Waals surface area (Å²) < 4.78 is 0. The van der Waals surface area contributed by atoms with Gasteiger partial charge < -0.3 is 20.2 Å². The molecule has 2 aromatic heterocycles. The van der Waals surface area contributed by atoms with Gasteiger partial charge in [0.1, 0.15) is 0 Å². The van der Waals surface area contributed by atoms with Crippen molar-refractivity contribution < 1.29 is 44.2 Å². The van der Waals surface area contributed by atoms with Crippen molar-refractivity contribution in [3.63, 3.8) is 0 Å². The number of rotatable bonds is 2. The number of pyridine rings is 2. The van der Waals surface area contributed by atoms with Crippen molar-refractivity contribution >= 4 is 76.5 Å². The van der Waals surface area contributed by atoms with Gasteiger partial charge in [-0.3, -0.25) is 0 Å². The van der Waals surface area contributed by atoms with Crippen molar-refractivity contribution in [1.29, 1.82) is 0 Å². The third-order valence-corrected chi connectivity index (χ3v) is 7.12. The Kier molecular flexibility index (Phi) is 11.6. The number of hydrogen-bond acceptors (Lipinski definition) is 4. The predicted molar refractivity (Wildman–Crippen MR) is 179 cm³/mol. The summed E-state index contributed by atoms with van der Waals surface area (Å²) in [5.74, 6) is -0.365. The Bertz CT molecular complexity index is 1970. The third kappa shape index (κ3) is 7.49. The second kappa shape index (κ2) is 16.0. The molecule has 216 valence electrons. The summed E-state index contributed by atoms with van der Waals surface area (Å²) in [5, 5.41) is 10.4. The molecule has 46 heavy (non-hydrogen) atoms. The van der Waals surface area contributed by atoms with Crippen LogP contribution in [0.4, 0.5) is 0 Å². The zero-order valence-electron chi connectivity index (χ0n) is 24.5. The van der Waals surface area contributed by atoms with Crippen LogP contribution in [0.5, 0.6) is 0 Å². The Morgan fingerprint density at radius 2 is 0.804 bits per heavy atom. The number of halogens is 2. The fourth-order valence-electron chi connectivity index (χ4n) is 5.07. The number of carbonyl (C=O) groups is 2. The van der Waals surface area contributed by atoms with Crippen LogP contribution in [0.3, 0.4) is 0 Å². The summed E-state index contributed by atoms with van der Waals surface area (Å²) >= 11 is 1.69. The normalized spacial score (nSPS) is 14.2. The molecular formula is C36H22Cl2N4O2Zn2. The first kappa shape index (κ1) is 33.3. The topological polar surface area (TPSA) is 88.1 Å². The zero-order chi connectivity index (χ0) is 32.5. The van der Waals surface area contributed by atoms with Gasteiger partial charge in [0.15, 0.2) is 0 Å². The monoisotopic (exact) mass is 740 g/mol. The molecule has 4 aromatic carbocycles. The van der Waals surface area contributed by atoms with Crippen molar-refractivity contribution in [2.45, 2.75) is 0 Å². The second-order valence-corrected chi connectivity index (χ2v) is 9.84. The summed E-state index contributed by atoms with van der Waals surface area (Å²) in [5.41, 5.74) is 7.89. The maximum absolute atomic E-state index is 11.9. The molecule has 0 atom stereocenters. The second-order valence-electron chi connectivity index (χ2n) is 9.84. The summed E-state index contributed by atoms with van der Waals surface area (Å²) in [6.45, 7) is 0. The number of nitrogens with zero attached hydrogens (tertiary/aromatic N) is 4. The number of aromatic nitrogens is 2. The average Bonchev–Trinajstić information content (AvgIpc) is 3.61. The van der Waals surface area contributed by atoms with Gasteiger partial charge >= 0.3 is 54.0 Å². The van der Waals surface area contributed by atoms with E-state index >= 15 is 0 Å². The molecule has 10 heteroatoms. The van der Waals surface area contributed by atoms with Crippen molar-refractivity contribution in [3.8, 4) is 0 Å². The van der Waals surface area contributed by atoms with Crippen LogP contribution in [0, 0.1) is 0 Å². The van der Waals surface area contributed by atoms with Gasteiger partial charge in [0, 0.05) is 21.9 Å². The van der Waals surface area contributed by atoms with Crippen molar-refractivity contribution in [3.05, 3.63) is 166 Å². The van der Waals surface area contributed by atoms with Crippen molar-refractivity contribution in [1.82, 2.24) is 9.97 Å². The van der Waals surface area contributed by atoms with Crippen LogP contribution in [0.15, 0.2) is 121 Å². The van der Waals surface area contributed by atoms with E-state index in [-0.39, 0.29) is 11.8 Å². The molecule has 2 aliphatic rings. The first-order chi connectivity index (χ1) is 22.6. The van der Waals surface area contributed by atoms with E-state index in [9.17, 15) is 9.59 Å². The first-order valence-corrected chi connectivity index (χ1v) is 21.8. The molecule has 4 heterocycles. The summed E-state index contributed by atoms with van der Waals surface area (Å²) in [7, 11) is 9.53. The van der Waals surface area contributed by atoms with Crippen LogP contribution in [0.25, 0.3) is 56.0 Å². The van der Waals surface area contributed by atoms with Gasteiger partial charge in [-0.25, -0.2) is 9.97 Å². The molecule has 0 aliphatic carbocycles. The van der Waals surface area contributed by atoms with Crippen LogP contribution >= 0.6 is 19.4 Å². The van der Waals surface area contributed by atoms with Gasteiger partial charge in [0.25, 0.3) is 0 Å². The minimum atomic E-state index is -0.183. The van der Waals surface area contributed by atoms with E-state index in [2.05, 4.69) is 20.6 Å². The van der Waals surface area contributed by atoms with Crippen molar-refractivity contribution in [2.24, 2.45) is 0 Å². The molecule has 0 saturated heterocycles. The number of carbonyl (C=O) groups excluding carboxylic acids is 2. The average molecular weight is 744 g/mol. The van der Waals surface area contributed by atoms with Crippen LogP contribution < -0.4 is 0 Å². The quantitative estimate of drug-likeness (QED) is 0.165. The minimum absolute atomic E-state index is 0.183. The number of amides is 2. The fourth-order valence-corrected chi connectivity index (χ4v) is 5.07. The molecular weight excluding hydrogens is 722 g/mol. The molecule has 0 bridgehead atoms. The SMILES string of the molecule is O=C1[N-]/C(=C/c2ccc3ccccc3n2)c2ccccc21.O=C1[N-]/C(=C/c2ccc3ccccc3n2)c2ccccc21.[Cl][Zn+].[Cl][Zn+]. The Morgan fingerprint density at radius 3 is 1.22 bits per heavy atom. The number of fused-ring (bicyclic) bond motifs is 4. The zero-order valence-corrected chi connectivity index (χ0v) is 31.9. The molecule has 6 aromatic rings. The van der Waals surface area contributed by atoms with E-state index in [1.54, 1.807) is 12.1 Å². The van der Waals surface area contributed by atoms with Gasteiger partial charge in [-0.2, -0.15) is 0 Å².